The standard InChI is InChI=1S/C17H18N4O4/c1-24-17(23)12-4-2-3-5-13(12)20-15-11-18-14(10-19-15)16(22)21-6-8-25-9-7-21/h2-5,10-11H,6-9H2,1H3,(H,19,20). The van der Waals surface area contributed by atoms with Gasteiger partial charge in [-0.25, -0.2) is 14.8 Å². The molecule has 130 valence electrons. The third-order valence-corrected chi connectivity index (χ3v) is 3.76. The van der Waals surface area contributed by atoms with Crippen molar-refractivity contribution < 1.29 is 19.1 Å². The summed E-state index contributed by atoms with van der Waals surface area (Å²) in [4.78, 5) is 34.2. The molecule has 8 heteroatoms. The average molecular weight is 342 g/mol. The largest absolute Gasteiger partial charge is 0.465 e. The summed E-state index contributed by atoms with van der Waals surface area (Å²) in [7, 11) is 1.32. The fraction of sp³-hybridized carbons (Fsp3) is 0.294. The Bertz CT molecular complexity index is 757. The molecule has 8 nitrogen and oxygen atoms in total. The van der Waals surface area contributed by atoms with Gasteiger partial charge in [-0.15, -0.1) is 0 Å². The summed E-state index contributed by atoms with van der Waals surface area (Å²) < 4.78 is 9.99. The molecule has 1 amide bonds. The van der Waals surface area contributed by atoms with Crippen molar-refractivity contribution in [3.8, 4) is 0 Å². The molecule has 0 atom stereocenters. The SMILES string of the molecule is COC(=O)c1ccccc1Nc1cnc(C(=O)N2CCOCC2)cn1. The lowest BCUT2D eigenvalue weighted by molar-refractivity contribution is 0.0298. The number of para-hydroxylation sites is 1. The second-order valence-corrected chi connectivity index (χ2v) is 5.35. The number of carbonyl (C=O) groups is 2. The van der Waals surface area contributed by atoms with Crippen LogP contribution in [0.15, 0.2) is 36.7 Å². The van der Waals surface area contributed by atoms with E-state index in [1.54, 1.807) is 29.2 Å². The predicted molar refractivity (Wildman–Crippen MR) is 89.8 cm³/mol. The molecule has 0 unspecified atom stereocenters. The zero-order chi connectivity index (χ0) is 17.6. The van der Waals surface area contributed by atoms with Crippen LogP contribution in [-0.2, 0) is 9.47 Å². The Morgan fingerprint density at radius 2 is 1.92 bits per heavy atom. The van der Waals surface area contributed by atoms with Crippen molar-refractivity contribution in [3.63, 3.8) is 0 Å². The summed E-state index contributed by atoms with van der Waals surface area (Å²) in [6.45, 7) is 2.16. The summed E-state index contributed by atoms with van der Waals surface area (Å²) >= 11 is 0. The molecular weight excluding hydrogens is 324 g/mol. The van der Waals surface area contributed by atoms with Gasteiger partial charge in [-0.1, -0.05) is 12.1 Å². The number of esters is 1. The van der Waals surface area contributed by atoms with Crippen LogP contribution in [0, 0.1) is 0 Å². The normalized spacial score (nSPS) is 14.0. The monoisotopic (exact) mass is 342 g/mol. The molecule has 1 saturated heterocycles. The van der Waals surface area contributed by atoms with E-state index in [4.69, 9.17) is 9.47 Å². The van der Waals surface area contributed by atoms with Crippen molar-refractivity contribution in [3.05, 3.63) is 47.9 Å². The lowest BCUT2D eigenvalue weighted by atomic mass is 10.2. The van der Waals surface area contributed by atoms with Crippen molar-refractivity contribution in [1.82, 2.24) is 14.9 Å². The molecule has 2 aromatic rings. The molecule has 1 N–H and O–H groups in total. The van der Waals surface area contributed by atoms with E-state index >= 15 is 0 Å². The highest BCUT2D eigenvalue weighted by Gasteiger charge is 2.20. The first kappa shape index (κ1) is 16.8. The average Bonchev–Trinajstić information content (AvgIpc) is 2.68. The smallest absolute Gasteiger partial charge is 0.339 e. The Kier molecular flexibility index (Phi) is 5.20. The number of nitrogens with one attached hydrogen (secondary N) is 1. The number of amides is 1. The van der Waals surface area contributed by atoms with Gasteiger partial charge in [0.1, 0.15) is 11.5 Å². The molecule has 3 rings (SSSR count). The topological polar surface area (TPSA) is 93.6 Å². The van der Waals surface area contributed by atoms with Gasteiger partial charge in [0, 0.05) is 13.1 Å². The Labute approximate surface area is 144 Å². The van der Waals surface area contributed by atoms with Gasteiger partial charge >= 0.3 is 5.97 Å². The summed E-state index contributed by atoms with van der Waals surface area (Å²) in [6.07, 6.45) is 2.88. The minimum Gasteiger partial charge on any atom is -0.465 e. The molecular formula is C17H18N4O4. The molecule has 1 aliphatic heterocycles. The summed E-state index contributed by atoms with van der Waals surface area (Å²) in [6, 6.07) is 6.92. The molecule has 0 spiro atoms. The third kappa shape index (κ3) is 3.92. The number of morpholine rings is 1. The van der Waals surface area contributed by atoms with E-state index in [9.17, 15) is 9.59 Å². The Hall–Kier alpha value is -3.00. The number of aromatic nitrogens is 2. The number of ether oxygens (including phenoxy) is 2. The minimum atomic E-state index is -0.449. The first-order valence-electron chi connectivity index (χ1n) is 7.82. The first-order valence-corrected chi connectivity index (χ1v) is 7.82. The molecule has 1 aromatic carbocycles. The fourth-order valence-corrected chi connectivity index (χ4v) is 2.45. The van der Waals surface area contributed by atoms with Crippen molar-refractivity contribution in [2.24, 2.45) is 0 Å². The van der Waals surface area contributed by atoms with Gasteiger partial charge in [-0.2, -0.15) is 0 Å². The van der Waals surface area contributed by atoms with Gasteiger partial charge in [0.05, 0.1) is 44.0 Å². The molecule has 0 aliphatic carbocycles. The predicted octanol–water partition coefficient (Wildman–Crippen LogP) is 1.48. The molecule has 1 aromatic heterocycles. The van der Waals surface area contributed by atoms with Gasteiger partial charge in [0.2, 0.25) is 0 Å². The number of nitrogens with zero attached hydrogens (tertiary/aromatic N) is 3. The summed E-state index contributed by atoms with van der Waals surface area (Å²) in [5.74, 6) is -0.192. The zero-order valence-corrected chi connectivity index (χ0v) is 13.8. The lowest BCUT2D eigenvalue weighted by Gasteiger charge is -2.26. The van der Waals surface area contributed by atoms with Crippen molar-refractivity contribution in [2.45, 2.75) is 0 Å². The summed E-state index contributed by atoms with van der Waals surface area (Å²) in [5, 5.41) is 3.01. The minimum absolute atomic E-state index is 0.169. The molecule has 2 heterocycles. The Morgan fingerprint density at radius 3 is 2.60 bits per heavy atom. The number of rotatable bonds is 4. The van der Waals surface area contributed by atoms with E-state index in [2.05, 4.69) is 15.3 Å². The Balaban J connectivity index is 1.73. The number of methoxy groups -OCH3 is 1. The second-order valence-electron chi connectivity index (χ2n) is 5.35. The fourth-order valence-electron chi connectivity index (χ4n) is 2.45. The van der Waals surface area contributed by atoms with Gasteiger partial charge in [-0.05, 0) is 12.1 Å². The van der Waals surface area contributed by atoms with Crippen LogP contribution < -0.4 is 5.32 Å². The maximum Gasteiger partial charge on any atom is 0.339 e. The maximum absolute atomic E-state index is 12.3. The second kappa shape index (κ2) is 7.71. The summed E-state index contributed by atoms with van der Waals surface area (Å²) in [5.41, 5.74) is 1.21. The number of benzene rings is 1. The van der Waals surface area contributed by atoms with Crippen LogP contribution in [0.25, 0.3) is 0 Å². The molecule has 0 radical (unpaired) electrons. The highest BCUT2D eigenvalue weighted by molar-refractivity contribution is 5.96. The van der Waals surface area contributed by atoms with Crippen LogP contribution in [0.3, 0.4) is 0 Å². The number of hydrogen-bond acceptors (Lipinski definition) is 7. The number of anilines is 2. The Morgan fingerprint density at radius 1 is 1.16 bits per heavy atom. The van der Waals surface area contributed by atoms with Crippen molar-refractivity contribution >= 4 is 23.4 Å². The van der Waals surface area contributed by atoms with Crippen LogP contribution >= 0.6 is 0 Å². The number of hydrogen-bond donors (Lipinski definition) is 1. The van der Waals surface area contributed by atoms with E-state index < -0.39 is 5.97 Å². The van der Waals surface area contributed by atoms with E-state index in [-0.39, 0.29) is 11.6 Å². The molecule has 0 saturated carbocycles. The van der Waals surface area contributed by atoms with Gasteiger partial charge in [0.15, 0.2) is 0 Å². The van der Waals surface area contributed by atoms with E-state index in [1.165, 1.54) is 19.5 Å². The van der Waals surface area contributed by atoms with Gasteiger partial charge < -0.3 is 19.7 Å². The van der Waals surface area contributed by atoms with Crippen LogP contribution in [0.1, 0.15) is 20.8 Å². The first-order chi connectivity index (χ1) is 12.2. The van der Waals surface area contributed by atoms with Crippen molar-refractivity contribution in [1.29, 1.82) is 0 Å². The van der Waals surface area contributed by atoms with E-state index in [1.807, 2.05) is 0 Å². The molecule has 25 heavy (non-hydrogen) atoms. The lowest BCUT2D eigenvalue weighted by Crippen LogP contribution is -2.41. The van der Waals surface area contributed by atoms with E-state index in [0.29, 0.717) is 43.4 Å². The van der Waals surface area contributed by atoms with Crippen LogP contribution in [0.4, 0.5) is 11.5 Å². The highest BCUT2D eigenvalue weighted by Crippen LogP contribution is 2.20. The quantitative estimate of drug-likeness (QED) is 0.841. The molecule has 1 fully saturated rings. The molecule has 0 bridgehead atoms. The zero-order valence-electron chi connectivity index (χ0n) is 13.8. The van der Waals surface area contributed by atoms with Crippen molar-refractivity contribution in [2.75, 3.05) is 38.7 Å². The van der Waals surface area contributed by atoms with Crippen LogP contribution in [0.2, 0.25) is 0 Å². The maximum atomic E-state index is 12.3. The molecule has 1 aliphatic rings. The van der Waals surface area contributed by atoms with Gasteiger partial charge in [-0.3, -0.25) is 4.79 Å². The highest BCUT2D eigenvalue weighted by atomic mass is 16.5. The van der Waals surface area contributed by atoms with E-state index in [0.717, 1.165) is 0 Å². The van der Waals surface area contributed by atoms with Crippen LogP contribution in [0.5, 0.6) is 0 Å². The van der Waals surface area contributed by atoms with Gasteiger partial charge in [0.25, 0.3) is 5.91 Å². The van der Waals surface area contributed by atoms with Crippen LogP contribution in [-0.4, -0.2) is 60.2 Å². The third-order valence-electron chi connectivity index (χ3n) is 3.76. The number of carbonyl (C=O) groups excluding carboxylic acids is 2.